The molecule has 0 aliphatic heterocycles. The second-order valence-corrected chi connectivity index (χ2v) is 8.00. The van der Waals surface area contributed by atoms with E-state index in [0.717, 1.165) is 11.1 Å². The van der Waals surface area contributed by atoms with Crippen LogP contribution in [0, 0.1) is 10.1 Å². The van der Waals surface area contributed by atoms with E-state index < -0.39 is 34.9 Å². The average Bonchev–Trinajstić information content (AvgIpc) is 2.88. The van der Waals surface area contributed by atoms with E-state index >= 15 is 0 Å². The normalized spacial score (nSPS) is 12.1. The molecule has 3 aromatic rings. The Balaban J connectivity index is 1.73. The van der Waals surface area contributed by atoms with Gasteiger partial charge < -0.3 is 21.1 Å². The van der Waals surface area contributed by atoms with Gasteiger partial charge in [0.1, 0.15) is 18.7 Å². The quantitative estimate of drug-likeness (QED) is 0.277. The number of rotatable bonds is 11. The fourth-order valence-corrected chi connectivity index (χ4v) is 3.54. The summed E-state index contributed by atoms with van der Waals surface area (Å²) in [6.45, 7) is 0.00787. The number of hydrogen-bond donors (Lipinski definition) is 3. The minimum absolute atomic E-state index is 0.00787. The molecule has 0 heterocycles. The van der Waals surface area contributed by atoms with Gasteiger partial charge in [0, 0.05) is 24.5 Å². The van der Waals surface area contributed by atoms with Crippen molar-refractivity contribution in [2.24, 2.45) is 5.73 Å². The number of para-hydroxylation sites is 1. The lowest BCUT2D eigenvalue weighted by Crippen LogP contribution is -2.54. The van der Waals surface area contributed by atoms with E-state index in [0.29, 0.717) is 0 Å². The predicted octanol–water partition coefficient (Wildman–Crippen LogP) is 2.65. The largest absolute Gasteiger partial charge is 0.445 e. The van der Waals surface area contributed by atoms with Gasteiger partial charge in [-0.25, -0.2) is 4.79 Å². The van der Waals surface area contributed by atoms with Crippen LogP contribution in [0.2, 0.25) is 0 Å². The minimum atomic E-state index is -1.24. The van der Waals surface area contributed by atoms with Crippen LogP contribution < -0.4 is 16.4 Å². The number of amides is 3. The van der Waals surface area contributed by atoms with Gasteiger partial charge in [-0.3, -0.25) is 19.7 Å². The van der Waals surface area contributed by atoms with E-state index in [-0.39, 0.29) is 30.7 Å². The highest BCUT2D eigenvalue weighted by atomic mass is 16.6. The summed E-state index contributed by atoms with van der Waals surface area (Å²) in [6, 6.07) is 21.6. The number of carbonyl (C=O) groups is 3. The molecule has 2 atom stereocenters. The van der Waals surface area contributed by atoms with Crippen molar-refractivity contribution in [2.45, 2.75) is 31.5 Å². The second-order valence-electron chi connectivity index (χ2n) is 8.00. The molecule has 0 saturated heterocycles. The second kappa shape index (κ2) is 12.7. The number of nitrogens with two attached hydrogens (primary N) is 1. The van der Waals surface area contributed by atoms with Crippen molar-refractivity contribution in [1.82, 2.24) is 10.6 Å². The van der Waals surface area contributed by atoms with Crippen LogP contribution in [0.4, 0.5) is 10.5 Å². The molecule has 3 aromatic carbocycles. The van der Waals surface area contributed by atoms with E-state index in [4.69, 9.17) is 10.5 Å². The van der Waals surface area contributed by atoms with Gasteiger partial charge in [0.25, 0.3) is 5.69 Å². The van der Waals surface area contributed by atoms with Gasteiger partial charge in [0.2, 0.25) is 11.8 Å². The first-order valence-corrected chi connectivity index (χ1v) is 11.2. The molecule has 0 unspecified atom stereocenters. The van der Waals surface area contributed by atoms with E-state index in [1.807, 2.05) is 24.3 Å². The van der Waals surface area contributed by atoms with Crippen LogP contribution >= 0.6 is 0 Å². The summed E-state index contributed by atoms with van der Waals surface area (Å²) in [4.78, 5) is 48.5. The third-order valence-corrected chi connectivity index (χ3v) is 5.38. The van der Waals surface area contributed by atoms with Gasteiger partial charge in [0.15, 0.2) is 0 Å². The molecule has 4 N–H and O–H groups in total. The van der Waals surface area contributed by atoms with Crippen molar-refractivity contribution < 1.29 is 24.0 Å². The number of benzene rings is 3. The highest BCUT2D eigenvalue weighted by molar-refractivity contribution is 5.91. The van der Waals surface area contributed by atoms with Gasteiger partial charge in [-0.2, -0.15) is 0 Å². The number of nitro benzene ring substituents is 1. The Kier molecular flexibility index (Phi) is 9.10. The van der Waals surface area contributed by atoms with Crippen molar-refractivity contribution in [3.8, 4) is 0 Å². The Bertz CT molecular complexity index is 1200. The van der Waals surface area contributed by atoms with Crippen molar-refractivity contribution in [2.75, 3.05) is 0 Å². The van der Waals surface area contributed by atoms with Gasteiger partial charge in [0.05, 0.1) is 4.92 Å². The van der Waals surface area contributed by atoms with Crippen molar-refractivity contribution in [3.63, 3.8) is 0 Å². The van der Waals surface area contributed by atoms with Crippen LogP contribution in [0.25, 0.3) is 0 Å². The fraction of sp³-hybridized carbons (Fsp3) is 0.192. The number of nitro groups is 1. The van der Waals surface area contributed by atoms with Crippen molar-refractivity contribution in [1.29, 1.82) is 0 Å². The maximum Gasteiger partial charge on any atom is 0.408 e. The van der Waals surface area contributed by atoms with Crippen LogP contribution in [0.1, 0.15) is 16.7 Å². The summed E-state index contributed by atoms with van der Waals surface area (Å²) in [5.41, 5.74) is 7.07. The molecule has 0 fully saturated rings. The molecule has 10 heteroatoms. The molecule has 3 rings (SSSR count). The average molecular weight is 491 g/mol. The number of primary amides is 1. The Morgan fingerprint density at radius 1 is 0.806 bits per heavy atom. The lowest BCUT2D eigenvalue weighted by Gasteiger charge is -2.22. The highest BCUT2D eigenvalue weighted by Crippen LogP contribution is 2.19. The van der Waals surface area contributed by atoms with Crippen LogP contribution in [0.15, 0.2) is 84.9 Å². The molecule has 0 radical (unpaired) electrons. The predicted molar refractivity (Wildman–Crippen MR) is 132 cm³/mol. The first-order valence-electron chi connectivity index (χ1n) is 11.2. The Morgan fingerprint density at radius 2 is 1.39 bits per heavy atom. The molecule has 0 aliphatic carbocycles. The highest BCUT2D eigenvalue weighted by Gasteiger charge is 2.28. The number of ether oxygens (including phenoxy) is 1. The van der Waals surface area contributed by atoms with Gasteiger partial charge in [-0.1, -0.05) is 78.9 Å². The summed E-state index contributed by atoms with van der Waals surface area (Å²) >= 11 is 0. The molecule has 3 amide bonds. The van der Waals surface area contributed by atoms with Crippen LogP contribution in [-0.4, -0.2) is 34.9 Å². The Hall–Kier alpha value is -4.73. The smallest absolute Gasteiger partial charge is 0.408 e. The maximum atomic E-state index is 13.2. The van der Waals surface area contributed by atoms with E-state index in [1.54, 1.807) is 42.5 Å². The number of nitrogens with one attached hydrogen (secondary N) is 2. The Morgan fingerprint density at radius 3 is 2.00 bits per heavy atom. The van der Waals surface area contributed by atoms with E-state index in [9.17, 15) is 24.5 Å². The summed E-state index contributed by atoms with van der Waals surface area (Å²) in [5, 5.41) is 16.4. The molecule has 0 aliphatic rings. The van der Waals surface area contributed by atoms with Crippen LogP contribution in [0.3, 0.4) is 0 Å². The molecule has 186 valence electrons. The van der Waals surface area contributed by atoms with Crippen molar-refractivity contribution in [3.05, 3.63) is 112 Å². The zero-order chi connectivity index (χ0) is 25.9. The lowest BCUT2D eigenvalue weighted by molar-refractivity contribution is -0.385. The molecule has 0 saturated carbocycles. The SMILES string of the molecule is NC(=O)[C@@H](Cc1ccccc1[N+](=O)[O-])NC(=O)[C@@H](Cc1ccccc1)NC(=O)OCc1ccccc1. The summed E-state index contributed by atoms with van der Waals surface area (Å²) in [6.07, 6.45) is -0.886. The van der Waals surface area contributed by atoms with E-state index in [1.165, 1.54) is 18.2 Å². The first kappa shape index (κ1) is 25.9. The van der Waals surface area contributed by atoms with Gasteiger partial charge >= 0.3 is 6.09 Å². The lowest BCUT2D eigenvalue weighted by atomic mass is 10.0. The standard InChI is InChI=1S/C26H26N4O6/c27-24(31)21(16-20-13-7-8-14-23(20)30(34)35)28-25(32)22(15-18-9-3-1-4-10-18)29-26(33)36-17-19-11-5-2-6-12-19/h1-14,21-22H,15-17H2,(H2,27,31)(H,28,32)(H,29,33)/t21-,22-/m1/s1. The topological polar surface area (TPSA) is 154 Å². The molecule has 10 nitrogen and oxygen atoms in total. The molecular weight excluding hydrogens is 464 g/mol. The third-order valence-electron chi connectivity index (χ3n) is 5.38. The zero-order valence-corrected chi connectivity index (χ0v) is 19.3. The molecule has 0 spiro atoms. The summed E-state index contributed by atoms with van der Waals surface area (Å²) in [5.74, 6) is -1.55. The third kappa shape index (κ3) is 7.66. The number of carbonyl (C=O) groups excluding carboxylic acids is 3. The van der Waals surface area contributed by atoms with Crippen LogP contribution in [0.5, 0.6) is 0 Å². The number of alkyl carbamates (subject to hydrolysis) is 1. The zero-order valence-electron chi connectivity index (χ0n) is 19.3. The first-order chi connectivity index (χ1) is 17.3. The Labute approximate surface area is 207 Å². The molecule has 0 bridgehead atoms. The molecule has 0 aromatic heterocycles. The monoisotopic (exact) mass is 490 g/mol. The number of hydrogen-bond acceptors (Lipinski definition) is 6. The minimum Gasteiger partial charge on any atom is -0.445 e. The van der Waals surface area contributed by atoms with Crippen molar-refractivity contribution >= 4 is 23.6 Å². The fourth-order valence-electron chi connectivity index (χ4n) is 3.54. The van der Waals surface area contributed by atoms with Gasteiger partial charge in [-0.15, -0.1) is 0 Å². The summed E-state index contributed by atoms with van der Waals surface area (Å²) < 4.78 is 5.24. The van der Waals surface area contributed by atoms with Gasteiger partial charge in [-0.05, 0) is 11.1 Å². The van der Waals surface area contributed by atoms with E-state index in [2.05, 4.69) is 10.6 Å². The van der Waals surface area contributed by atoms with Crippen LogP contribution in [-0.2, 0) is 33.8 Å². The number of nitrogens with zero attached hydrogens (tertiary/aromatic N) is 1. The maximum absolute atomic E-state index is 13.2. The molecule has 36 heavy (non-hydrogen) atoms. The molecular formula is C26H26N4O6. The summed E-state index contributed by atoms with van der Waals surface area (Å²) in [7, 11) is 0.